The summed E-state index contributed by atoms with van der Waals surface area (Å²) in [5.41, 5.74) is 0.0876. The Kier molecular flexibility index (Phi) is 3.39. The van der Waals surface area contributed by atoms with Crippen molar-refractivity contribution in [1.29, 1.82) is 0 Å². The van der Waals surface area contributed by atoms with Crippen LogP contribution in [0.5, 0.6) is 0 Å². The van der Waals surface area contributed by atoms with E-state index in [4.69, 9.17) is 5.11 Å². The number of hydrogen-bond donors (Lipinski definition) is 1. The summed E-state index contributed by atoms with van der Waals surface area (Å²) in [6.07, 6.45) is 0.231. The van der Waals surface area contributed by atoms with Gasteiger partial charge in [0.15, 0.2) is 0 Å². The lowest BCUT2D eigenvalue weighted by Crippen LogP contribution is -2.12. The molecule has 0 saturated heterocycles. The Bertz CT molecular complexity index is 388. The maximum Gasteiger partial charge on any atom is 0.311 e. The van der Waals surface area contributed by atoms with Gasteiger partial charge in [0, 0.05) is 5.56 Å². The van der Waals surface area contributed by atoms with Crippen LogP contribution in [-0.2, 0) is 4.79 Å². The summed E-state index contributed by atoms with van der Waals surface area (Å²) in [6, 6.07) is 1.99. The van der Waals surface area contributed by atoms with Crippen LogP contribution in [0.3, 0.4) is 0 Å². The highest BCUT2D eigenvalue weighted by Gasteiger charge is 2.22. The van der Waals surface area contributed by atoms with Crippen LogP contribution >= 0.6 is 0 Å². The van der Waals surface area contributed by atoms with Crippen LogP contribution in [0, 0.1) is 18.6 Å². The van der Waals surface area contributed by atoms with E-state index in [1.165, 1.54) is 6.92 Å². The van der Waals surface area contributed by atoms with E-state index >= 15 is 0 Å². The third-order valence-corrected chi connectivity index (χ3v) is 2.36. The predicted octanol–water partition coefficient (Wildman–Crippen LogP) is 2.85. The monoisotopic (exact) mass is 214 g/mol. The van der Waals surface area contributed by atoms with Crippen LogP contribution < -0.4 is 0 Å². The Morgan fingerprint density at radius 2 is 2.00 bits per heavy atom. The smallest absolute Gasteiger partial charge is 0.311 e. The maximum atomic E-state index is 13.4. The molecule has 15 heavy (non-hydrogen) atoms. The molecule has 1 unspecified atom stereocenters. The van der Waals surface area contributed by atoms with Crippen LogP contribution in [0.1, 0.15) is 30.4 Å². The van der Waals surface area contributed by atoms with Gasteiger partial charge in [0.05, 0.1) is 5.92 Å². The number of hydrogen-bond acceptors (Lipinski definition) is 1. The first-order chi connectivity index (χ1) is 6.97. The van der Waals surface area contributed by atoms with Crippen molar-refractivity contribution in [2.75, 3.05) is 0 Å². The number of carbonyl (C=O) groups is 1. The highest BCUT2D eigenvalue weighted by molar-refractivity contribution is 5.76. The fraction of sp³-hybridized carbons (Fsp3) is 0.364. The second-order valence-electron chi connectivity index (χ2n) is 3.42. The van der Waals surface area contributed by atoms with E-state index in [0.29, 0.717) is 0 Å². The minimum Gasteiger partial charge on any atom is -0.481 e. The van der Waals surface area contributed by atoms with Gasteiger partial charge in [0.1, 0.15) is 11.6 Å². The standard InChI is InChI=1S/C11H12F2O2/c1-3-7(11(14)15)8-5-9(12)6(2)4-10(8)13/h4-5,7H,3H2,1-2H3,(H,14,15). The van der Waals surface area contributed by atoms with Gasteiger partial charge in [0.25, 0.3) is 0 Å². The molecule has 1 atom stereocenters. The topological polar surface area (TPSA) is 37.3 Å². The Morgan fingerprint density at radius 1 is 1.40 bits per heavy atom. The molecule has 0 spiro atoms. The molecule has 1 N–H and O–H groups in total. The highest BCUT2D eigenvalue weighted by atomic mass is 19.1. The molecule has 0 aromatic heterocycles. The molecule has 0 amide bonds. The molecule has 1 aromatic carbocycles. The Morgan fingerprint density at radius 3 is 2.47 bits per heavy atom. The van der Waals surface area contributed by atoms with Crippen LogP contribution in [0.25, 0.3) is 0 Å². The number of halogens is 2. The molecule has 0 heterocycles. The zero-order chi connectivity index (χ0) is 11.6. The van der Waals surface area contributed by atoms with Gasteiger partial charge in [-0.25, -0.2) is 8.78 Å². The molecule has 0 radical (unpaired) electrons. The second-order valence-corrected chi connectivity index (χ2v) is 3.42. The van der Waals surface area contributed by atoms with Crippen molar-refractivity contribution in [3.8, 4) is 0 Å². The molecule has 0 fully saturated rings. The summed E-state index contributed by atoms with van der Waals surface area (Å²) >= 11 is 0. The van der Waals surface area contributed by atoms with E-state index in [0.717, 1.165) is 12.1 Å². The summed E-state index contributed by atoms with van der Waals surface area (Å²) in [5.74, 6) is -3.37. The number of carboxylic acids is 1. The largest absolute Gasteiger partial charge is 0.481 e. The summed E-state index contributed by atoms with van der Waals surface area (Å²) in [6.45, 7) is 3.06. The number of rotatable bonds is 3. The average Bonchev–Trinajstić information content (AvgIpc) is 2.14. The van der Waals surface area contributed by atoms with E-state index in [2.05, 4.69) is 0 Å². The first-order valence-corrected chi connectivity index (χ1v) is 4.65. The molecule has 2 nitrogen and oxygen atoms in total. The van der Waals surface area contributed by atoms with E-state index in [1.54, 1.807) is 6.92 Å². The Balaban J connectivity index is 3.24. The third kappa shape index (κ3) is 2.32. The van der Waals surface area contributed by atoms with Crippen molar-refractivity contribution in [3.05, 3.63) is 34.9 Å². The Hall–Kier alpha value is -1.45. The highest BCUT2D eigenvalue weighted by Crippen LogP contribution is 2.25. The Labute approximate surface area is 86.5 Å². The minimum absolute atomic E-state index is 0.0897. The van der Waals surface area contributed by atoms with Gasteiger partial charge in [-0.1, -0.05) is 6.92 Å². The maximum absolute atomic E-state index is 13.4. The molecule has 0 aliphatic heterocycles. The molecule has 4 heteroatoms. The first-order valence-electron chi connectivity index (χ1n) is 4.65. The molecular weight excluding hydrogens is 202 g/mol. The van der Waals surface area contributed by atoms with Gasteiger partial charge in [-0.3, -0.25) is 4.79 Å². The molecule has 0 bridgehead atoms. The lowest BCUT2D eigenvalue weighted by atomic mass is 9.95. The predicted molar refractivity (Wildman–Crippen MR) is 51.8 cm³/mol. The second kappa shape index (κ2) is 4.38. The average molecular weight is 214 g/mol. The van der Waals surface area contributed by atoms with Gasteiger partial charge in [-0.15, -0.1) is 0 Å². The van der Waals surface area contributed by atoms with Gasteiger partial charge >= 0.3 is 5.97 Å². The van der Waals surface area contributed by atoms with Crippen molar-refractivity contribution in [2.24, 2.45) is 0 Å². The van der Waals surface area contributed by atoms with Crippen LogP contribution in [0.4, 0.5) is 8.78 Å². The molecule has 1 rings (SSSR count). The van der Waals surface area contributed by atoms with Gasteiger partial charge in [-0.05, 0) is 31.0 Å². The molecule has 0 saturated carbocycles. The van der Waals surface area contributed by atoms with Crippen molar-refractivity contribution in [3.63, 3.8) is 0 Å². The summed E-state index contributed by atoms with van der Waals surface area (Å²) < 4.78 is 26.6. The SMILES string of the molecule is CCC(C(=O)O)c1cc(F)c(C)cc1F. The van der Waals surface area contributed by atoms with Crippen molar-refractivity contribution >= 4 is 5.97 Å². The normalized spacial score (nSPS) is 12.5. The van der Waals surface area contributed by atoms with Gasteiger partial charge in [-0.2, -0.15) is 0 Å². The fourth-order valence-corrected chi connectivity index (χ4v) is 1.46. The third-order valence-electron chi connectivity index (χ3n) is 2.36. The molecule has 0 aliphatic carbocycles. The van der Waals surface area contributed by atoms with Gasteiger partial charge < -0.3 is 5.11 Å². The van der Waals surface area contributed by atoms with Crippen LogP contribution in [0.2, 0.25) is 0 Å². The van der Waals surface area contributed by atoms with E-state index < -0.39 is 23.5 Å². The van der Waals surface area contributed by atoms with Gasteiger partial charge in [0.2, 0.25) is 0 Å². The summed E-state index contributed by atoms with van der Waals surface area (Å²) in [4.78, 5) is 10.8. The van der Waals surface area contributed by atoms with E-state index in [9.17, 15) is 13.6 Å². The number of benzene rings is 1. The first kappa shape index (κ1) is 11.6. The summed E-state index contributed by atoms with van der Waals surface area (Å²) in [5, 5.41) is 8.82. The number of carboxylic acid groups (broad SMARTS) is 1. The van der Waals surface area contributed by atoms with Crippen LogP contribution in [0.15, 0.2) is 12.1 Å². The fourth-order valence-electron chi connectivity index (χ4n) is 1.46. The zero-order valence-electron chi connectivity index (χ0n) is 8.55. The van der Waals surface area contributed by atoms with Crippen molar-refractivity contribution in [1.82, 2.24) is 0 Å². The molecule has 1 aromatic rings. The molecule has 82 valence electrons. The number of aryl methyl sites for hydroxylation is 1. The van der Waals surface area contributed by atoms with Crippen molar-refractivity contribution < 1.29 is 18.7 Å². The molecular formula is C11H12F2O2. The van der Waals surface area contributed by atoms with E-state index in [1.807, 2.05) is 0 Å². The summed E-state index contributed by atoms with van der Waals surface area (Å²) in [7, 11) is 0. The lowest BCUT2D eigenvalue weighted by molar-refractivity contribution is -0.138. The minimum atomic E-state index is -1.14. The van der Waals surface area contributed by atoms with Crippen LogP contribution in [-0.4, -0.2) is 11.1 Å². The van der Waals surface area contributed by atoms with Crippen molar-refractivity contribution in [2.45, 2.75) is 26.2 Å². The molecule has 0 aliphatic rings. The van der Waals surface area contributed by atoms with E-state index in [-0.39, 0.29) is 17.5 Å². The quantitative estimate of drug-likeness (QED) is 0.840. The zero-order valence-corrected chi connectivity index (χ0v) is 8.55. The lowest BCUT2D eigenvalue weighted by Gasteiger charge is -2.12. The number of aliphatic carboxylic acids is 1.